The SMILES string of the molecule is N#CC1(C(=O)N[C@@H]2CC[C@@H](C(=O)O)C2)CCCC1. The quantitative estimate of drug-likeness (QED) is 0.793. The number of amides is 1. The lowest BCUT2D eigenvalue weighted by atomic mass is 9.86. The fraction of sp³-hybridized carbons (Fsp3) is 0.769. The average molecular weight is 250 g/mol. The topological polar surface area (TPSA) is 90.2 Å². The summed E-state index contributed by atoms with van der Waals surface area (Å²) in [6, 6.07) is 2.08. The van der Waals surface area contributed by atoms with Gasteiger partial charge in [-0.05, 0) is 32.1 Å². The van der Waals surface area contributed by atoms with Gasteiger partial charge in [0.05, 0.1) is 12.0 Å². The van der Waals surface area contributed by atoms with Crippen LogP contribution in [0.2, 0.25) is 0 Å². The Kier molecular flexibility index (Phi) is 3.55. The summed E-state index contributed by atoms with van der Waals surface area (Å²) in [6.45, 7) is 0. The minimum atomic E-state index is -0.860. The van der Waals surface area contributed by atoms with Crippen LogP contribution >= 0.6 is 0 Å². The van der Waals surface area contributed by atoms with E-state index in [0.717, 1.165) is 12.8 Å². The summed E-state index contributed by atoms with van der Waals surface area (Å²) in [5.41, 5.74) is -0.860. The second-order valence-corrected chi connectivity index (χ2v) is 5.42. The van der Waals surface area contributed by atoms with Crippen molar-refractivity contribution in [3.05, 3.63) is 0 Å². The molecule has 2 fully saturated rings. The van der Waals surface area contributed by atoms with Gasteiger partial charge in [0.1, 0.15) is 5.41 Å². The van der Waals surface area contributed by atoms with Gasteiger partial charge in [0.25, 0.3) is 0 Å². The lowest BCUT2D eigenvalue weighted by Crippen LogP contribution is -2.43. The van der Waals surface area contributed by atoms with Gasteiger partial charge in [0, 0.05) is 6.04 Å². The van der Waals surface area contributed by atoms with Crippen LogP contribution in [0, 0.1) is 22.7 Å². The first-order valence-corrected chi connectivity index (χ1v) is 6.52. The summed E-state index contributed by atoms with van der Waals surface area (Å²) in [5, 5.41) is 21.0. The van der Waals surface area contributed by atoms with Crippen LogP contribution in [0.3, 0.4) is 0 Å². The van der Waals surface area contributed by atoms with Gasteiger partial charge in [-0.15, -0.1) is 0 Å². The maximum absolute atomic E-state index is 12.1. The van der Waals surface area contributed by atoms with Gasteiger partial charge >= 0.3 is 5.97 Å². The molecule has 98 valence electrons. The van der Waals surface area contributed by atoms with Crippen LogP contribution in [0.15, 0.2) is 0 Å². The van der Waals surface area contributed by atoms with Crippen molar-refractivity contribution in [2.45, 2.75) is 51.0 Å². The number of carbonyl (C=O) groups excluding carboxylic acids is 1. The van der Waals surface area contributed by atoms with E-state index in [1.807, 2.05) is 0 Å². The molecule has 0 aromatic carbocycles. The monoisotopic (exact) mass is 250 g/mol. The van der Waals surface area contributed by atoms with Crippen LogP contribution in [0.5, 0.6) is 0 Å². The summed E-state index contributed by atoms with van der Waals surface area (Å²) in [6.07, 6.45) is 4.90. The van der Waals surface area contributed by atoms with Crippen molar-refractivity contribution in [1.29, 1.82) is 5.26 Å². The number of carboxylic acids is 1. The zero-order chi connectivity index (χ0) is 13.2. The molecule has 2 N–H and O–H groups in total. The molecule has 0 radical (unpaired) electrons. The van der Waals surface area contributed by atoms with Gasteiger partial charge in [-0.3, -0.25) is 9.59 Å². The number of nitriles is 1. The second kappa shape index (κ2) is 4.97. The van der Waals surface area contributed by atoms with E-state index in [9.17, 15) is 14.9 Å². The Morgan fingerprint density at radius 2 is 1.94 bits per heavy atom. The fourth-order valence-electron chi connectivity index (χ4n) is 3.03. The van der Waals surface area contributed by atoms with Crippen LogP contribution in [0.4, 0.5) is 0 Å². The van der Waals surface area contributed by atoms with Gasteiger partial charge in [0.15, 0.2) is 0 Å². The number of aliphatic carboxylic acids is 1. The summed E-state index contributed by atoms with van der Waals surface area (Å²) >= 11 is 0. The number of carboxylic acid groups (broad SMARTS) is 1. The molecule has 2 rings (SSSR count). The summed E-state index contributed by atoms with van der Waals surface area (Å²) in [4.78, 5) is 23.0. The Morgan fingerprint density at radius 1 is 1.28 bits per heavy atom. The van der Waals surface area contributed by atoms with Crippen LogP contribution in [0.1, 0.15) is 44.9 Å². The molecule has 5 heteroatoms. The number of rotatable bonds is 3. The minimum absolute atomic E-state index is 0.0792. The van der Waals surface area contributed by atoms with Crippen LogP contribution in [0.25, 0.3) is 0 Å². The molecular weight excluding hydrogens is 232 g/mol. The maximum atomic E-state index is 12.1. The fourth-order valence-corrected chi connectivity index (χ4v) is 3.03. The highest BCUT2D eigenvalue weighted by Crippen LogP contribution is 2.38. The normalized spacial score (nSPS) is 29.7. The van der Waals surface area contributed by atoms with Crippen LogP contribution in [-0.2, 0) is 9.59 Å². The molecule has 0 aliphatic heterocycles. The summed E-state index contributed by atoms with van der Waals surface area (Å²) in [7, 11) is 0. The Hall–Kier alpha value is -1.57. The third kappa shape index (κ3) is 2.33. The maximum Gasteiger partial charge on any atom is 0.306 e. The van der Waals surface area contributed by atoms with Gasteiger partial charge in [-0.2, -0.15) is 5.26 Å². The number of nitrogens with one attached hydrogen (secondary N) is 1. The predicted molar refractivity (Wildman–Crippen MR) is 63.4 cm³/mol. The average Bonchev–Trinajstić information content (AvgIpc) is 2.97. The highest BCUT2D eigenvalue weighted by Gasteiger charge is 2.43. The van der Waals surface area contributed by atoms with E-state index in [1.54, 1.807) is 0 Å². The molecule has 0 bridgehead atoms. The molecular formula is C13H18N2O3. The van der Waals surface area contributed by atoms with Gasteiger partial charge in [-0.1, -0.05) is 12.8 Å². The zero-order valence-electron chi connectivity index (χ0n) is 10.3. The molecule has 0 heterocycles. The van der Waals surface area contributed by atoms with Crippen molar-refractivity contribution in [3.63, 3.8) is 0 Å². The zero-order valence-corrected chi connectivity index (χ0v) is 10.3. The molecule has 1 amide bonds. The molecule has 0 aromatic rings. The Labute approximate surface area is 106 Å². The van der Waals surface area contributed by atoms with Crippen molar-refractivity contribution >= 4 is 11.9 Å². The Bertz CT molecular complexity index is 394. The third-order valence-corrected chi connectivity index (χ3v) is 4.22. The molecule has 18 heavy (non-hydrogen) atoms. The number of carbonyl (C=O) groups is 2. The highest BCUT2D eigenvalue weighted by molar-refractivity contribution is 5.86. The van der Waals surface area contributed by atoms with Crippen LogP contribution < -0.4 is 5.32 Å². The lowest BCUT2D eigenvalue weighted by molar-refractivity contribution is -0.141. The van der Waals surface area contributed by atoms with Gasteiger partial charge in [-0.25, -0.2) is 0 Å². The van der Waals surface area contributed by atoms with E-state index < -0.39 is 11.4 Å². The van der Waals surface area contributed by atoms with E-state index >= 15 is 0 Å². The molecule has 2 aliphatic carbocycles. The number of hydrogen-bond donors (Lipinski definition) is 2. The highest BCUT2D eigenvalue weighted by atomic mass is 16.4. The summed E-state index contributed by atoms with van der Waals surface area (Å²) < 4.78 is 0. The van der Waals surface area contributed by atoms with E-state index in [2.05, 4.69) is 11.4 Å². The van der Waals surface area contributed by atoms with Gasteiger partial charge < -0.3 is 10.4 Å². The first-order valence-electron chi connectivity index (χ1n) is 6.52. The molecule has 0 unspecified atom stereocenters. The predicted octanol–water partition coefficient (Wildman–Crippen LogP) is 1.44. The van der Waals surface area contributed by atoms with Crippen molar-refractivity contribution in [3.8, 4) is 6.07 Å². The van der Waals surface area contributed by atoms with Gasteiger partial charge in [0.2, 0.25) is 5.91 Å². The van der Waals surface area contributed by atoms with Crippen molar-refractivity contribution in [2.24, 2.45) is 11.3 Å². The van der Waals surface area contributed by atoms with E-state index in [4.69, 9.17) is 5.11 Å². The van der Waals surface area contributed by atoms with E-state index in [1.165, 1.54) is 0 Å². The molecule has 0 aromatic heterocycles. The van der Waals surface area contributed by atoms with Crippen molar-refractivity contribution < 1.29 is 14.7 Å². The summed E-state index contributed by atoms with van der Waals surface area (Å²) in [5.74, 6) is -1.34. The lowest BCUT2D eigenvalue weighted by Gasteiger charge is -2.22. The van der Waals surface area contributed by atoms with Crippen LogP contribution in [-0.4, -0.2) is 23.0 Å². The van der Waals surface area contributed by atoms with E-state index in [0.29, 0.717) is 32.1 Å². The number of nitrogens with zero attached hydrogens (tertiary/aromatic N) is 1. The molecule has 0 spiro atoms. The smallest absolute Gasteiger partial charge is 0.306 e. The van der Waals surface area contributed by atoms with Crippen molar-refractivity contribution in [1.82, 2.24) is 5.32 Å². The standard InChI is InChI=1S/C13H18N2O3/c14-8-13(5-1-2-6-13)12(18)15-10-4-3-9(7-10)11(16)17/h9-10H,1-7H2,(H,15,18)(H,16,17)/t9-,10-/m1/s1. The molecule has 0 saturated heterocycles. The first-order chi connectivity index (χ1) is 8.57. The van der Waals surface area contributed by atoms with Crippen molar-refractivity contribution in [2.75, 3.05) is 0 Å². The second-order valence-electron chi connectivity index (χ2n) is 5.42. The minimum Gasteiger partial charge on any atom is -0.481 e. The van der Waals surface area contributed by atoms with E-state index in [-0.39, 0.29) is 17.9 Å². The largest absolute Gasteiger partial charge is 0.481 e. The molecule has 2 atom stereocenters. The Morgan fingerprint density at radius 3 is 2.44 bits per heavy atom. The first kappa shape index (κ1) is 12.9. The molecule has 2 aliphatic rings. The molecule has 5 nitrogen and oxygen atoms in total. The Balaban J connectivity index is 1.93. The molecule has 2 saturated carbocycles. The number of hydrogen-bond acceptors (Lipinski definition) is 3. The third-order valence-electron chi connectivity index (χ3n) is 4.22.